The molecule has 0 bridgehead atoms. The summed E-state index contributed by atoms with van der Waals surface area (Å²) in [6, 6.07) is 10.6. The fourth-order valence-electron chi connectivity index (χ4n) is 3.08. The monoisotopic (exact) mass is 396 g/mol. The Labute approximate surface area is 169 Å². The van der Waals surface area contributed by atoms with Gasteiger partial charge in [-0.1, -0.05) is 12.1 Å². The molecular weight excluding hydrogens is 372 g/mol. The molecule has 8 nitrogen and oxygen atoms in total. The van der Waals surface area contributed by atoms with Crippen LogP contribution in [0.4, 0.5) is 16.2 Å². The Balaban J connectivity index is 1.65. The van der Waals surface area contributed by atoms with Gasteiger partial charge in [0.15, 0.2) is 5.78 Å². The van der Waals surface area contributed by atoms with Gasteiger partial charge in [0, 0.05) is 49.3 Å². The largest absolute Gasteiger partial charge is 0.450 e. The van der Waals surface area contributed by atoms with Crippen molar-refractivity contribution < 1.29 is 19.1 Å². The summed E-state index contributed by atoms with van der Waals surface area (Å²) in [5.41, 5.74) is 2.39. The van der Waals surface area contributed by atoms with Crippen molar-refractivity contribution in [1.29, 1.82) is 0 Å². The molecule has 1 aliphatic heterocycles. The van der Waals surface area contributed by atoms with E-state index in [2.05, 4.69) is 10.3 Å². The maximum Gasteiger partial charge on any atom is 0.409 e. The number of nitrogens with one attached hydrogen (secondary N) is 1. The summed E-state index contributed by atoms with van der Waals surface area (Å²) in [5, 5.41) is 3.20. The summed E-state index contributed by atoms with van der Waals surface area (Å²) in [7, 11) is 0. The summed E-state index contributed by atoms with van der Waals surface area (Å²) in [6.45, 7) is 5.33. The average molecular weight is 396 g/mol. The van der Waals surface area contributed by atoms with Gasteiger partial charge in [-0.05, 0) is 38.1 Å². The van der Waals surface area contributed by atoms with Crippen LogP contribution < -0.4 is 5.32 Å². The standard InChI is InChI=1S/C21H24N4O4/c1-3-29-21(28)25-11-9-24(10-12-25)20(27)19-14-18(7-8-22-19)23-17-6-4-5-16(13-17)15(2)26/h4-8,13-14H,3,9-12H2,1-2H3,(H,22,23). The molecule has 2 amide bonds. The smallest absolute Gasteiger partial charge is 0.409 e. The lowest BCUT2D eigenvalue weighted by Gasteiger charge is -2.33. The van der Waals surface area contributed by atoms with Gasteiger partial charge in [0.1, 0.15) is 5.69 Å². The normalized spacial score (nSPS) is 13.7. The molecule has 1 aliphatic rings. The number of nitrogens with zero attached hydrogens (tertiary/aromatic N) is 3. The number of Topliss-reactive ketones (excluding diaryl/α,β-unsaturated/α-hetero) is 1. The van der Waals surface area contributed by atoms with Crippen molar-refractivity contribution in [3.8, 4) is 0 Å². The maximum absolute atomic E-state index is 12.8. The first-order valence-electron chi connectivity index (χ1n) is 9.53. The Bertz CT molecular complexity index is 907. The van der Waals surface area contributed by atoms with Crippen molar-refractivity contribution in [3.05, 3.63) is 53.9 Å². The summed E-state index contributed by atoms with van der Waals surface area (Å²) < 4.78 is 5.00. The van der Waals surface area contributed by atoms with Crippen LogP contribution in [0.15, 0.2) is 42.6 Å². The number of ether oxygens (including phenoxy) is 1. The van der Waals surface area contributed by atoms with E-state index >= 15 is 0 Å². The second-order valence-electron chi connectivity index (χ2n) is 6.67. The van der Waals surface area contributed by atoms with Gasteiger partial charge in [-0.25, -0.2) is 4.79 Å². The van der Waals surface area contributed by atoms with Crippen molar-refractivity contribution in [2.75, 3.05) is 38.1 Å². The molecule has 0 saturated carbocycles. The highest BCUT2D eigenvalue weighted by Crippen LogP contribution is 2.19. The van der Waals surface area contributed by atoms with E-state index in [9.17, 15) is 14.4 Å². The first kappa shape index (κ1) is 20.3. The van der Waals surface area contributed by atoms with Gasteiger partial charge in [-0.3, -0.25) is 14.6 Å². The molecule has 0 unspecified atom stereocenters. The van der Waals surface area contributed by atoms with E-state index < -0.39 is 0 Å². The molecule has 29 heavy (non-hydrogen) atoms. The maximum atomic E-state index is 12.8. The Hall–Kier alpha value is -3.42. The number of ketones is 1. The molecular formula is C21H24N4O4. The second kappa shape index (κ2) is 9.18. The van der Waals surface area contributed by atoms with Crippen LogP contribution in [0.5, 0.6) is 0 Å². The van der Waals surface area contributed by atoms with E-state index in [0.717, 1.165) is 5.69 Å². The van der Waals surface area contributed by atoms with Gasteiger partial charge in [0.05, 0.1) is 6.61 Å². The van der Waals surface area contributed by atoms with Crippen LogP contribution in [0.3, 0.4) is 0 Å². The summed E-state index contributed by atoms with van der Waals surface area (Å²) >= 11 is 0. The number of benzene rings is 1. The van der Waals surface area contributed by atoms with E-state index in [1.54, 1.807) is 53.3 Å². The minimum atomic E-state index is -0.350. The van der Waals surface area contributed by atoms with Gasteiger partial charge in [0.2, 0.25) is 0 Å². The molecule has 1 saturated heterocycles. The Kier molecular flexibility index (Phi) is 6.43. The van der Waals surface area contributed by atoms with Crippen LogP contribution in [0.2, 0.25) is 0 Å². The van der Waals surface area contributed by atoms with E-state index in [4.69, 9.17) is 4.74 Å². The van der Waals surface area contributed by atoms with Crippen molar-refractivity contribution >= 4 is 29.2 Å². The number of piperazine rings is 1. The lowest BCUT2D eigenvalue weighted by atomic mass is 10.1. The van der Waals surface area contributed by atoms with Crippen molar-refractivity contribution in [1.82, 2.24) is 14.8 Å². The fraction of sp³-hybridized carbons (Fsp3) is 0.333. The molecule has 1 aromatic heterocycles. The number of aromatic nitrogens is 1. The van der Waals surface area contributed by atoms with Gasteiger partial charge in [-0.2, -0.15) is 0 Å². The number of rotatable bonds is 5. The number of carbonyl (C=O) groups excluding carboxylic acids is 3. The van der Waals surface area contributed by atoms with E-state index in [1.807, 2.05) is 6.07 Å². The predicted octanol–water partition coefficient (Wildman–Crippen LogP) is 2.94. The number of hydrogen-bond donors (Lipinski definition) is 1. The number of anilines is 2. The third-order valence-electron chi connectivity index (χ3n) is 4.63. The summed E-state index contributed by atoms with van der Waals surface area (Å²) in [4.78, 5) is 43.6. The Morgan fingerprint density at radius 1 is 1.03 bits per heavy atom. The van der Waals surface area contributed by atoms with E-state index in [-0.39, 0.29) is 17.8 Å². The summed E-state index contributed by atoms with van der Waals surface area (Å²) in [6.07, 6.45) is 1.22. The molecule has 2 heterocycles. The zero-order valence-corrected chi connectivity index (χ0v) is 16.6. The zero-order valence-electron chi connectivity index (χ0n) is 16.6. The highest BCUT2D eigenvalue weighted by molar-refractivity contribution is 5.95. The first-order chi connectivity index (χ1) is 14.0. The van der Waals surface area contributed by atoms with Gasteiger partial charge < -0.3 is 19.9 Å². The molecule has 0 spiro atoms. The van der Waals surface area contributed by atoms with Crippen LogP contribution in [0, 0.1) is 0 Å². The molecule has 8 heteroatoms. The molecule has 152 valence electrons. The van der Waals surface area contributed by atoms with Gasteiger partial charge >= 0.3 is 6.09 Å². The topological polar surface area (TPSA) is 91.8 Å². The van der Waals surface area contributed by atoms with E-state index in [0.29, 0.717) is 49.7 Å². The lowest BCUT2D eigenvalue weighted by molar-refractivity contribution is 0.0566. The summed E-state index contributed by atoms with van der Waals surface area (Å²) in [5.74, 6) is -0.198. The second-order valence-corrected chi connectivity index (χ2v) is 6.67. The lowest BCUT2D eigenvalue weighted by Crippen LogP contribution is -2.50. The molecule has 1 N–H and O–H groups in total. The highest BCUT2D eigenvalue weighted by Gasteiger charge is 2.26. The minimum Gasteiger partial charge on any atom is -0.450 e. The molecule has 0 atom stereocenters. The number of hydrogen-bond acceptors (Lipinski definition) is 6. The molecule has 0 radical (unpaired) electrons. The number of carbonyl (C=O) groups is 3. The van der Waals surface area contributed by atoms with Gasteiger partial charge in [0.25, 0.3) is 5.91 Å². The number of amides is 2. The fourth-order valence-corrected chi connectivity index (χ4v) is 3.08. The highest BCUT2D eigenvalue weighted by atomic mass is 16.6. The van der Waals surface area contributed by atoms with Crippen LogP contribution in [0.1, 0.15) is 34.7 Å². The third kappa shape index (κ3) is 5.10. The third-order valence-corrected chi connectivity index (χ3v) is 4.63. The SMILES string of the molecule is CCOC(=O)N1CCN(C(=O)c2cc(Nc3cccc(C(C)=O)c3)ccn2)CC1. The quantitative estimate of drug-likeness (QED) is 0.782. The molecule has 3 rings (SSSR count). The molecule has 2 aromatic rings. The first-order valence-corrected chi connectivity index (χ1v) is 9.53. The predicted molar refractivity (Wildman–Crippen MR) is 108 cm³/mol. The molecule has 1 aromatic carbocycles. The molecule has 0 aliphatic carbocycles. The average Bonchev–Trinajstić information content (AvgIpc) is 2.74. The number of pyridine rings is 1. The van der Waals surface area contributed by atoms with Crippen molar-refractivity contribution in [2.45, 2.75) is 13.8 Å². The Morgan fingerprint density at radius 2 is 1.72 bits per heavy atom. The zero-order chi connectivity index (χ0) is 20.8. The van der Waals surface area contributed by atoms with E-state index in [1.165, 1.54) is 6.92 Å². The Morgan fingerprint density at radius 3 is 2.41 bits per heavy atom. The van der Waals surface area contributed by atoms with Crippen LogP contribution in [-0.4, -0.2) is 65.4 Å². The van der Waals surface area contributed by atoms with Crippen molar-refractivity contribution in [2.24, 2.45) is 0 Å². The van der Waals surface area contributed by atoms with Crippen LogP contribution >= 0.6 is 0 Å². The van der Waals surface area contributed by atoms with Crippen LogP contribution in [-0.2, 0) is 4.74 Å². The van der Waals surface area contributed by atoms with Crippen molar-refractivity contribution in [3.63, 3.8) is 0 Å². The minimum absolute atomic E-state index is 0.0128. The van der Waals surface area contributed by atoms with Crippen LogP contribution in [0.25, 0.3) is 0 Å². The molecule has 1 fully saturated rings. The van der Waals surface area contributed by atoms with Gasteiger partial charge in [-0.15, -0.1) is 0 Å².